The molecule has 1 fully saturated rings. The Balaban J connectivity index is 2.17. The van der Waals surface area contributed by atoms with Gasteiger partial charge in [0.15, 0.2) is 5.82 Å². The van der Waals surface area contributed by atoms with Crippen LogP contribution >= 0.6 is 0 Å². The molecule has 0 aliphatic carbocycles. The zero-order chi connectivity index (χ0) is 10.8. The molecular weight excluding hydrogens is 194 g/mol. The van der Waals surface area contributed by atoms with Crippen molar-refractivity contribution in [1.29, 1.82) is 0 Å². The monoisotopic (exact) mass is 209 g/mol. The maximum Gasteiger partial charge on any atom is 0.151 e. The zero-order valence-electron chi connectivity index (χ0n) is 8.63. The van der Waals surface area contributed by atoms with Gasteiger partial charge in [-0.05, 0) is 12.1 Å². The molecule has 1 aromatic rings. The van der Waals surface area contributed by atoms with Gasteiger partial charge in [-0.1, -0.05) is 0 Å². The van der Waals surface area contributed by atoms with E-state index in [9.17, 15) is 5.11 Å². The van der Waals surface area contributed by atoms with Gasteiger partial charge in [-0.3, -0.25) is 0 Å². The summed E-state index contributed by atoms with van der Waals surface area (Å²) in [6.45, 7) is 1.14. The third kappa shape index (κ3) is 1.88. The molecule has 15 heavy (non-hydrogen) atoms. The lowest BCUT2D eigenvalue weighted by Crippen LogP contribution is -2.25. The highest BCUT2D eigenvalue weighted by Gasteiger charge is 2.32. The number of hydrogen-bond acceptors (Lipinski definition) is 5. The van der Waals surface area contributed by atoms with Crippen LogP contribution < -0.4 is 10.6 Å². The number of nitrogens with two attached hydrogens (primary N) is 1. The molecule has 0 saturated carbocycles. The van der Waals surface area contributed by atoms with E-state index < -0.39 is 6.10 Å². The number of ether oxygens (including phenoxy) is 1. The Morgan fingerprint density at radius 1 is 1.60 bits per heavy atom. The number of nitrogens with zero attached hydrogens (tertiary/aromatic N) is 2. The molecule has 3 N–H and O–H groups in total. The highest BCUT2D eigenvalue weighted by atomic mass is 16.5. The van der Waals surface area contributed by atoms with Crippen LogP contribution in [-0.2, 0) is 4.74 Å². The minimum absolute atomic E-state index is 0.161. The molecule has 0 amide bonds. The first-order valence-electron chi connectivity index (χ1n) is 4.88. The van der Waals surface area contributed by atoms with Gasteiger partial charge in [0.2, 0.25) is 0 Å². The van der Waals surface area contributed by atoms with E-state index in [4.69, 9.17) is 10.5 Å². The maximum atomic E-state index is 9.68. The molecule has 0 bridgehead atoms. The molecule has 2 atom stereocenters. The molecule has 2 heterocycles. The van der Waals surface area contributed by atoms with Crippen molar-refractivity contribution in [3.05, 3.63) is 18.3 Å². The van der Waals surface area contributed by atoms with Crippen LogP contribution in [0.1, 0.15) is 0 Å². The molecule has 2 rings (SSSR count). The summed E-state index contributed by atoms with van der Waals surface area (Å²) in [4.78, 5) is 6.14. The largest absolute Gasteiger partial charge is 0.396 e. The second-order valence-electron chi connectivity index (χ2n) is 3.66. The van der Waals surface area contributed by atoms with Crippen LogP contribution in [0.3, 0.4) is 0 Å². The molecule has 1 aliphatic heterocycles. The van der Waals surface area contributed by atoms with E-state index in [2.05, 4.69) is 4.98 Å². The lowest BCUT2D eigenvalue weighted by Gasteiger charge is -2.17. The topological polar surface area (TPSA) is 71.6 Å². The number of nitrogen functional groups attached to an aromatic ring is 1. The van der Waals surface area contributed by atoms with Crippen molar-refractivity contribution in [2.75, 3.05) is 30.8 Å². The summed E-state index contributed by atoms with van der Waals surface area (Å²) in [6.07, 6.45) is 1.06. The number of aromatic nitrogens is 1. The number of anilines is 2. The first-order valence-corrected chi connectivity index (χ1v) is 4.88. The molecule has 1 saturated heterocycles. The summed E-state index contributed by atoms with van der Waals surface area (Å²) >= 11 is 0. The predicted octanol–water partition coefficient (Wildman–Crippen LogP) is -0.140. The minimum Gasteiger partial charge on any atom is -0.396 e. The number of methoxy groups -OCH3 is 1. The normalized spacial score (nSPS) is 25.9. The molecule has 0 spiro atoms. The van der Waals surface area contributed by atoms with Crippen molar-refractivity contribution in [2.45, 2.75) is 12.2 Å². The zero-order valence-corrected chi connectivity index (χ0v) is 8.63. The van der Waals surface area contributed by atoms with E-state index in [1.165, 1.54) is 0 Å². The van der Waals surface area contributed by atoms with E-state index in [1.54, 1.807) is 25.4 Å². The Morgan fingerprint density at radius 2 is 2.40 bits per heavy atom. The third-order valence-electron chi connectivity index (χ3n) is 2.66. The fraction of sp³-hybridized carbons (Fsp3) is 0.500. The van der Waals surface area contributed by atoms with Crippen LogP contribution in [0.15, 0.2) is 18.3 Å². The van der Waals surface area contributed by atoms with Gasteiger partial charge >= 0.3 is 0 Å². The van der Waals surface area contributed by atoms with Crippen LogP contribution in [0.5, 0.6) is 0 Å². The van der Waals surface area contributed by atoms with Gasteiger partial charge in [0.05, 0.1) is 11.8 Å². The van der Waals surface area contributed by atoms with Crippen LogP contribution in [0.2, 0.25) is 0 Å². The van der Waals surface area contributed by atoms with E-state index in [-0.39, 0.29) is 6.10 Å². The van der Waals surface area contributed by atoms with Gasteiger partial charge in [0.25, 0.3) is 0 Å². The minimum atomic E-state index is -0.476. The highest BCUT2D eigenvalue weighted by Crippen LogP contribution is 2.24. The van der Waals surface area contributed by atoms with Crippen LogP contribution in [-0.4, -0.2) is 42.5 Å². The standard InChI is InChI=1S/C10H15N3O2/c1-15-9-6-13(5-8(9)14)10-7(11)3-2-4-12-10/h2-4,8-9,14H,5-6,11H2,1H3/t8-,9+/m1/s1. The molecule has 5 heteroatoms. The summed E-state index contributed by atoms with van der Waals surface area (Å²) in [5.41, 5.74) is 6.43. The lowest BCUT2D eigenvalue weighted by atomic mass is 10.3. The first kappa shape index (κ1) is 10.2. The Kier molecular flexibility index (Phi) is 2.75. The second kappa shape index (κ2) is 4.04. The molecule has 1 aromatic heterocycles. The van der Waals surface area contributed by atoms with Crippen molar-refractivity contribution in [3.8, 4) is 0 Å². The molecule has 0 radical (unpaired) electrons. The average molecular weight is 209 g/mol. The van der Waals surface area contributed by atoms with Gasteiger partial charge in [-0.25, -0.2) is 4.98 Å². The highest BCUT2D eigenvalue weighted by molar-refractivity contribution is 5.62. The molecular formula is C10H15N3O2. The van der Waals surface area contributed by atoms with Crippen LogP contribution in [0.25, 0.3) is 0 Å². The Labute approximate surface area is 88.5 Å². The Hall–Kier alpha value is -1.33. The third-order valence-corrected chi connectivity index (χ3v) is 2.66. The molecule has 82 valence electrons. The van der Waals surface area contributed by atoms with E-state index >= 15 is 0 Å². The fourth-order valence-corrected chi connectivity index (χ4v) is 1.83. The van der Waals surface area contributed by atoms with Crippen molar-refractivity contribution >= 4 is 11.5 Å². The van der Waals surface area contributed by atoms with Gasteiger partial charge in [0.1, 0.15) is 6.10 Å². The SMILES string of the molecule is CO[C@H]1CN(c2ncccc2N)C[C@H]1O. The first-order chi connectivity index (χ1) is 7.22. The van der Waals surface area contributed by atoms with Crippen molar-refractivity contribution in [1.82, 2.24) is 4.98 Å². The summed E-state index contributed by atoms with van der Waals surface area (Å²) in [5.74, 6) is 0.719. The average Bonchev–Trinajstić information content (AvgIpc) is 2.60. The van der Waals surface area contributed by atoms with Gasteiger partial charge in [-0.2, -0.15) is 0 Å². The van der Waals surface area contributed by atoms with Crippen LogP contribution in [0.4, 0.5) is 11.5 Å². The molecule has 5 nitrogen and oxygen atoms in total. The molecule has 1 aliphatic rings. The van der Waals surface area contributed by atoms with Crippen molar-refractivity contribution in [2.24, 2.45) is 0 Å². The maximum absolute atomic E-state index is 9.68. The predicted molar refractivity (Wildman–Crippen MR) is 57.7 cm³/mol. The number of aliphatic hydroxyl groups excluding tert-OH is 1. The van der Waals surface area contributed by atoms with Gasteiger partial charge < -0.3 is 20.5 Å². The summed E-state index contributed by atoms with van der Waals surface area (Å²) in [7, 11) is 1.60. The van der Waals surface area contributed by atoms with E-state index in [0.29, 0.717) is 18.8 Å². The lowest BCUT2D eigenvalue weighted by molar-refractivity contribution is 0.0217. The van der Waals surface area contributed by atoms with E-state index in [0.717, 1.165) is 5.82 Å². The van der Waals surface area contributed by atoms with Gasteiger partial charge in [-0.15, -0.1) is 0 Å². The Morgan fingerprint density at radius 3 is 3.00 bits per heavy atom. The summed E-state index contributed by atoms with van der Waals surface area (Å²) < 4.78 is 5.15. The number of aliphatic hydroxyl groups is 1. The van der Waals surface area contributed by atoms with Crippen LogP contribution in [0, 0.1) is 0 Å². The second-order valence-corrected chi connectivity index (χ2v) is 3.66. The van der Waals surface area contributed by atoms with Crippen molar-refractivity contribution in [3.63, 3.8) is 0 Å². The van der Waals surface area contributed by atoms with Crippen molar-refractivity contribution < 1.29 is 9.84 Å². The number of rotatable bonds is 2. The summed E-state index contributed by atoms with van der Waals surface area (Å²) in [6, 6.07) is 3.59. The molecule has 0 unspecified atom stereocenters. The quantitative estimate of drug-likeness (QED) is 0.709. The number of hydrogen-bond donors (Lipinski definition) is 2. The van der Waals surface area contributed by atoms with E-state index in [1.807, 2.05) is 4.90 Å². The fourth-order valence-electron chi connectivity index (χ4n) is 1.83. The van der Waals surface area contributed by atoms with Gasteiger partial charge in [0, 0.05) is 26.4 Å². The number of pyridine rings is 1. The Bertz CT molecular complexity index is 345. The smallest absolute Gasteiger partial charge is 0.151 e. The summed E-state index contributed by atoms with van der Waals surface area (Å²) in [5, 5.41) is 9.68. The molecule has 0 aromatic carbocycles. The number of β-amino-alcohol motifs (C(OH)–C–C–N with tert-alkyl or cyclic N) is 1.